The van der Waals surface area contributed by atoms with Gasteiger partial charge in [0.2, 0.25) is 0 Å². The van der Waals surface area contributed by atoms with E-state index in [1.54, 1.807) is 18.6 Å². The third-order valence-electron chi connectivity index (χ3n) is 1.56. The highest BCUT2D eigenvalue weighted by molar-refractivity contribution is 5.22. The summed E-state index contributed by atoms with van der Waals surface area (Å²) in [5.74, 6) is 7.03. The first-order valence-electron chi connectivity index (χ1n) is 3.22. The Morgan fingerprint density at radius 1 is 1.36 bits per heavy atom. The van der Waals surface area contributed by atoms with Crippen LogP contribution in [0.4, 0.5) is 0 Å². The van der Waals surface area contributed by atoms with Crippen LogP contribution in [0.15, 0.2) is 36.4 Å². The number of hydrazine groups is 1. The van der Waals surface area contributed by atoms with E-state index in [0.717, 1.165) is 5.82 Å². The van der Waals surface area contributed by atoms with Crippen LogP contribution in [0.1, 0.15) is 0 Å². The van der Waals surface area contributed by atoms with Crippen LogP contribution in [0, 0.1) is 0 Å². The molecule has 0 aromatic carbocycles. The van der Waals surface area contributed by atoms with Crippen molar-refractivity contribution in [3.8, 4) is 0 Å². The lowest BCUT2D eigenvalue weighted by molar-refractivity contribution is 0.411. The van der Waals surface area contributed by atoms with Gasteiger partial charge in [0, 0.05) is 18.6 Å². The molecule has 2 heterocycles. The molecule has 0 aromatic rings. The van der Waals surface area contributed by atoms with Gasteiger partial charge in [-0.1, -0.05) is 0 Å². The quantitative estimate of drug-likeness (QED) is 0.392. The van der Waals surface area contributed by atoms with E-state index in [1.165, 1.54) is 5.01 Å². The summed E-state index contributed by atoms with van der Waals surface area (Å²) in [7, 11) is 0. The van der Waals surface area contributed by atoms with E-state index >= 15 is 0 Å². The van der Waals surface area contributed by atoms with Crippen molar-refractivity contribution in [3.63, 3.8) is 0 Å². The minimum atomic E-state index is 0.605. The maximum Gasteiger partial charge on any atom is 0.147 e. The molecule has 11 heavy (non-hydrogen) atoms. The van der Waals surface area contributed by atoms with Gasteiger partial charge in [-0.3, -0.25) is 5.01 Å². The average Bonchev–Trinajstić information content (AvgIpc) is 2.32. The lowest BCUT2D eigenvalue weighted by atomic mass is 10.5. The third kappa shape index (κ3) is 0.821. The van der Waals surface area contributed by atoms with Crippen LogP contribution in [0.2, 0.25) is 0 Å². The van der Waals surface area contributed by atoms with Gasteiger partial charge in [0.05, 0.1) is 6.20 Å². The van der Waals surface area contributed by atoms with E-state index in [1.807, 2.05) is 11.1 Å². The molecule has 5 heteroatoms. The van der Waals surface area contributed by atoms with Gasteiger partial charge in [-0.05, 0) is 0 Å². The summed E-state index contributed by atoms with van der Waals surface area (Å²) in [6.45, 7) is 0. The molecular formula is C6H9N5. The predicted molar refractivity (Wildman–Crippen MR) is 40.5 cm³/mol. The first-order chi connectivity index (χ1) is 5.27. The Morgan fingerprint density at radius 2 is 2.18 bits per heavy atom. The largest absolute Gasteiger partial charge is 0.384 e. The SMILES string of the molecule is NC1=CN2C=CN(N)C2=CN1. The van der Waals surface area contributed by atoms with E-state index < -0.39 is 0 Å². The monoisotopic (exact) mass is 151 g/mol. The molecule has 0 saturated heterocycles. The molecule has 0 fully saturated rings. The molecule has 2 aliphatic rings. The average molecular weight is 151 g/mol. The second-order valence-corrected chi connectivity index (χ2v) is 2.34. The van der Waals surface area contributed by atoms with Crippen LogP contribution in [-0.4, -0.2) is 9.91 Å². The summed E-state index contributed by atoms with van der Waals surface area (Å²) in [6.07, 6.45) is 7.09. The molecule has 0 radical (unpaired) electrons. The summed E-state index contributed by atoms with van der Waals surface area (Å²) in [5.41, 5.74) is 5.51. The Kier molecular flexibility index (Phi) is 1.07. The Bertz CT molecular complexity index is 264. The van der Waals surface area contributed by atoms with Crippen molar-refractivity contribution in [1.82, 2.24) is 15.2 Å². The Labute approximate surface area is 64.2 Å². The highest BCUT2D eigenvalue weighted by atomic mass is 15.5. The highest BCUT2D eigenvalue weighted by Gasteiger charge is 2.17. The van der Waals surface area contributed by atoms with Crippen molar-refractivity contribution in [1.29, 1.82) is 0 Å². The van der Waals surface area contributed by atoms with Crippen molar-refractivity contribution in [3.05, 3.63) is 36.4 Å². The number of nitrogens with one attached hydrogen (secondary N) is 1. The van der Waals surface area contributed by atoms with Crippen molar-refractivity contribution in [2.24, 2.45) is 11.6 Å². The molecule has 0 aromatic heterocycles. The predicted octanol–water partition coefficient (Wildman–Crippen LogP) is -0.891. The van der Waals surface area contributed by atoms with Gasteiger partial charge < -0.3 is 16.0 Å². The van der Waals surface area contributed by atoms with Gasteiger partial charge in [-0.15, -0.1) is 0 Å². The summed E-state index contributed by atoms with van der Waals surface area (Å²) < 4.78 is 0. The molecular weight excluding hydrogens is 142 g/mol. The maximum absolute atomic E-state index is 5.56. The lowest BCUT2D eigenvalue weighted by Gasteiger charge is -2.22. The van der Waals surface area contributed by atoms with Crippen LogP contribution < -0.4 is 16.9 Å². The van der Waals surface area contributed by atoms with Crippen LogP contribution in [0.5, 0.6) is 0 Å². The molecule has 58 valence electrons. The number of hydrogen-bond acceptors (Lipinski definition) is 5. The Hall–Kier alpha value is -1.62. The van der Waals surface area contributed by atoms with Gasteiger partial charge in [0.25, 0.3) is 0 Å². The summed E-state index contributed by atoms with van der Waals surface area (Å²) in [4.78, 5) is 1.84. The van der Waals surface area contributed by atoms with Crippen molar-refractivity contribution < 1.29 is 0 Å². The van der Waals surface area contributed by atoms with E-state index in [4.69, 9.17) is 11.6 Å². The van der Waals surface area contributed by atoms with E-state index in [0.29, 0.717) is 5.82 Å². The molecule has 0 saturated carbocycles. The van der Waals surface area contributed by atoms with E-state index in [2.05, 4.69) is 5.32 Å². The van der Waals surface area contributed by atoms with Gasteiger partial charge >= 0.3 is 0 Å². The maximum atomic E-state index is 5.56. The summed E-state index contributed by atoms with van der Waals surface area (Å²) in [6, 6.07) is 0. The second-order valence-electron chi connectivity index (χ2n) is 2.34. The van der Waals surface area contributed by atoms with Crippen LogP contribution in [0.3, 0.4) is 0 Å². The number of nitrogens with zero attached hydrogens (tertiary/aromatic N) is 2. The molecule has 2 rings (SSSR count). The normalized spacial score (nSPS) is 20.8. The molecule has 0 unspecified atom stereocenters. The molecule has 0 amide bonds. The van der Waals surface area contributed by atoms with Crippen LogP contribution in [-0.2, 0) is 0 Å². The van der Waals surface area contributed by atoms with Crippen LogP contribution >= 0.6 is 0 Å². The number of fused-ring (bicyclic) bond motifs is 1. The van der Waals surface area contributed by atoms with E-state index in [-0.39, 0.29) is 0 Å². The first kappa shape index (κ1) is 6.11. The Balaban J connectivity index is 2.29. The molecule has 0 bridgehead atoms. The smallest absolute Gasteiger partial charge is 0.147 e. The van der Waals surface area contributed by atoms with Gasteiger partial charge in [0.15, 0.2) is 0 Å². The van der Waals surface area contributed by atoms with Crippen molar-refractivity contribution in [2.45, 2.75) is 0 Å². The van der Waals surface area contributed by atoms with E-state index in [9.17, 15) is 0 Å². The third-order valence-corrected chi connectivity index (χ3v) is 1.56. The minimum Gasteiger partial charge on any atom is -0.384 e. The Morgan fingerprint density at radius 3 is 3.00 bits per heavy atom. The zero-order valence-corrected chi connectivity index (χ0v) is 5.86. The topological polar surface area (TPSA) is 70.5 Å². The standard InChI is InChI=1S/C6H9N5/c7-5-4-10-1-2-11(8)6(10)3-9-5/h1-4,9H,7-8H2. The fraction of sp³-hybridized carbons (Fsp3) is 0. The molecule has 0 spiro atoms. The molecule has 0 atom stereocenters. The van der Waals surface area contributed by atoms with Crippen molar-refractivity contribution >= 4 is 0 Å². The van der Waals surface area contributed by atoms with Gasteiger partial charge in [-0.2, -0.15) is 0 Å². The first-order valence-corrected chi connectivity index (χ1v) is 3.22. The minimum absolute atomic E-state index is 0.605. The fourth-order valence-electron chi connectivity index (χ4n) is 1.02. The van der Waals surface area contributed by atoms with Crippen molar-refractivity contribution in [2.75, 3.05) is 0 Å². The zero-order valence-electron chi connectivity index (χ0n) is 5.86. The molecule has 5 nitrogen and oxygen atoms in total. The summed E-state index contributed by atoms with van der Waals surface area (Å²) in [5, 5.41) is 4.37. The molecule has 5 N–H and O–H groups in total. The van der Waals surface area contributed by atoms with Crippen LogP contribution in [0.25, 0.3) is 0 Å². The molecule has 0 aliphatic carbocycles. The molecule has 2 aliphatic heterocycles. The van der Waals surface area contributed by atoms with Gasteiger partial charge in [-0.25, -0.2) is 5.84 Å². The number of hydrogen-bond donors (Lipinski definition) is 3. The highest BCUT2D eigenvalue weighted by Crippen LogP contribution is 2.18. The van der Waals surface area contributed by atoms with Gasteiger partial charge in [0.1, 0.15) is 11.6 Å². The fourth-order valence-corrected chi connectivity index (χ4v) is 1.02. The second kappa shape index (κ2) is 1.93. The lowest BCUT2D eigenvalue weighted by Crippen LogP contribution is -2.32. The number of nitrogens with two attached hydrogens (primary N) is 2. The number of rotatable bonds is 0. The summed E-state index contributed by atoms with van der Waals surface area (Å²) >= 11 is 0. The zero-order chi connectivity index (χ0) is 7.84.